The second-order valence-electron chi connectivity index (χ2n) is 4.89. The minimum atomic E-state index is 0.541. The number of likely N-dealkylation sites (tertiary alicyclic amines) is 1. The normalized spacial score (nSPS) is 19.6. The molecule has 16 heavy (non-hydrogen) atoms. The SMILES string of the molecule is CC(CN1CCCCC1)c1ccccc1N. The van der Waals surface area contributed by atoms with Crippen LogP contribution < -0.4 is 5.73 Å². The number of hydrogen-bond acceptors (Lipinski definition) is 2. The predicted octanol–water partition coefficient (Wildman–Crippen LogP) is 2.86. The standard InChI is InChI=1S/C14H22N2/c1-12(11-16-9-5-2-6-10-16)13-7-3-4-8-14(13)15/h3-4,7-8,12H,2,5-6,9-11,15H2,1H3. The highest BCUT2D eigenvalue weighted by molar-refractivity contribution is 5.48. The molecule has 1 fully saturated rings. The number of hydrogen-bond donors (Lipinski definition) is 1. The van der Waals surface area contributed by atoms with Crippen LogP contribution in [-0.4, -0.2) is 24.5 Å². The summed E-state index contributed by atoms with van der Waals surface area (Å²) in [6, 6.07) is 8.25. The van der Waals surface area contributed by atoms with Gasteiger partial charge >= 0.3 is 0 Å². The molecule has 1 heterocycles. The molecular formula is C14H22N2. The van der Waals surface area contributed by atoms with E-state index in [1.54, 1.807) is 0 Å². The number of nitrogens with two attached hydrogens (primary N) is 1. The van der Waals surface area contributed by atoms with Gasteiger partial charge in [0.2, 0.25) is 0 Å². The lowest BCUT2D eigenvalue weighted by molar-refractivity contribution is 0.219. The van der Waals surface area contributed by atoms with Gasteiger partial charge in [-0.1, -0.05) is 31.5 Å². The number of benzene rings is 1. The summed E-state index contributed by atoms with van der Waals surface area (Å²) in [6.45, 7) is 5.95. The van der Waals surface area contributed by atoms with Gasteiger partial charge in [-0.05, 0) is 43.5 Å². The van der Waals surface area contributed by atoms with Crippen LogP contribution in [-0.2, 0) is 0 Å². The minimum Gasteiger partial charge on any atom is -0.398 e. The molecule has 88 valence electrons. The van der Waals surface area contributed by atoms with Crippen LogP contribution in [0.5, 0.6) is 0 Å². The summed E-state index contributed by atoms with van der Waals surface area (Å²) >= 11 is 0. The smallest absolute Gasteiger partial charge is 0.0349 e. The van der Waals surface area contributed by atoms with Gasteiger partial charge in [0.1, 0.15) is 0 Å². The molecular weight excluding hydrogens is 196 g/mol. The third kappa shape index (κ3) is 2.76. The molecule has 1 atom stereocenters. The summed E-state index contributed by atoms with van der Waals surface area (Å²) in [5, 5.41) is 0. The molecule has 1 aliphatic heterocycles. The van der Waals surface area contributed by atoms with Gasteiger partial charge in [-0.3, -0.25) is 0 Å². The Balaban J connectivity index is 1.96. The Kier molecular flexibility index (Phi) is 3.83. The lowest BCUT2D eigenvalue weighted by Gasteiger charge is -2.29. The fourth-order valence-corrected chi connectivity index (χ4v) is 2.59. The molecule has 0 radical (unpaired) electrons. The lowest BCUT2D eigenvalue weighted by Crippen LogP contribution is -2.33. The number of nitrogens with zero attached hydrogens (tertiary/aromatic N) is 1. The first-order valence-electron chi connectivity index (χ1n) is 6.34. The summed E-state index contributed by atoms with van der Waals surface area (Å²) in [5.41, 5.74) is 8.24. The number of para-hydroxylation sites is 1. The van der Waals surface area contributed by atoms with Gasteiger partial charge in [-0.2, -0.15) is 0 Å². The molecule has 0 spiro atoms. The summed E-state index contributed by atoms with van der Waals surface area (Å²) < 4.78 is 0. The fourth-order valence-electron chi connectivity index (χ4n) is 2.59. The Morgan fingerprint density at radius 3 is 2.56 bits per heavy atom. The van der Waals surface area contributed by atoms with Crippen LogP contribution in [0.3, 0.4) is 0 Å². The lowest BCUT2D eigenvalue weighted by atomic mass is 9.98. The first kappa shape index (κ1) is 11.5. The van der Waals surface area contributed by atoms with Crippen LogP contribution >= 0.6 is 0 Å². The van der Waals surface area contributed by atoms with Crippen molar-refractivity contribution in [1.29, 1.82) is 0 Å². The first-order chi connectivity index (χ1) is 7.77. The van der Waals surface area contributed by atoms with Crippen molar-refractivity contribution in [2.75, 3.05) is 25.4 Å². The molecule has 1 unspecified atom stereocenters. The maximum Gasteiger partial charge on any atom is 0.0349 e. The van der Waals surface area contributed by atoms with E-state index in [-0.39, 0.29) is 0 Å². The van der Waals surface area contributed by atoms with Crippen LogP contribution in [0.15, 0.2) is 24.3 Å². The third-order valence-electron chi connectivity index (χ3n) is 3.51. The van der Waals surface area contributed by atoms with Crippen LogP contribution in [0.4, 0.5) is 5.69 Å². The van der Waals surface area contributed by atoms with Crippen LogP contribution in [0.2, 0.25) is 0 Å². The van der Waals surface area contributed by atoms with E-state index < -0.39 is 0 Å². The average Bonchev–Trinajstić information content (AvgIpc) is 2.31. The summed E-state index contributed by atoms with van der Waals surface area (Å²) in [7, 11) is 0. The van der Waals surface area contributed by atoms with Gasteiger partial charge in [-0.15, -0.1) is 0 Å². The molecule has 0 bridgehead atoms. The average molecular weight is 218 g/mol. The van der Waals surface area contributed by atoms with Gasteiger partial charge in [0, 0.05) is 12.2 Å². The minimum absolute atomic E-state index is 0.541. The summed E-state index contributed by atoms with van der Waals surface area (Å²) in [4.78, 5) is 2.57. The van der Waals surface area contributed by atoms with Crippen molar-refractivity contribution in [2.45, 2.75) is 32.1 Å². The fraction of sp³-hybridized carbons (Fsp3) is 0.571. The van der Waals surface area contributed by atoms with E-state index in [1.165, 1.54) is 37.9 Å². The van der Waals surface area contributed by atoms with E-state index in [4.69, 9.17) is 5.73 Å². The molecule has 1 aromatic rings. The Hall–Kier alpha value is -1.02. The van der Waals surface area contributed by atoms with Crippen molar-refractivity contribution in [3.05, 3.63) is 29.8 Å². The third-order valence-corrected chi connectivity index (χ3v) is 3.51. The maximum absolute atomic E-state index is 6.01. The van der Waals surface area contributed by atoms with Gasteiger partial charge < -0.3 is 10.6 Å². The molecule has 2 N–H and O–H groups in total. The van der Waals surface area contributed by atoms with Gasteiger partial charge in [-0.25, -0.2) is 0 Å². The van der Waals surface area contributed by atoms with Crippen molar-refractivity contribution >= 4 is 5.69 Å². The zero-order chi connectivity index (χ0) is 11.4. The van der Waals surface area contributed by atoms with Gasteiger partial charge in [0.05, 0.1) is 0 Å². The Morgan fingerprint density at radius 1 is 1.19 bits per heavy atom. The molecule has 0 aromatic heterocycles. The highest BCUT2D eigenvalue weighted by Crippen LogP contribution is 2.23. The highest BCUT2D eigenvalue weighted by Gasteiger charge is 2.15. The monoisotopic (exact) mass is 218 g/mol. The topological polar surface area (TPSA) is 29.3 Å². The van der Waals surface area contributed by atoms with Crippen LogP contribution in [0.25, 0.3) is 0 Å². The Bertz CT molecular complexity index is 329. The summed E-state index contributed by atoms with van der Waals surface area (Å²) in [5.74, 6) is 0.541. The molecule has 1 aromatic carbocycles. The number of nitrogen functional groups attached to an aromatic ring is 1. The van der Waals surface area contributed by atoms with E-state index in [0.29, 0.717) is 5.92 Å². The van der Waals surface area contributed by atoms with Crippen molar-refractivity contribution < 1.29 is 0 Å². The molecule has 0 aliphatic carbocycles. The largest absolute Gasteiger partial charge is 0.398 e. The quantitative estimate of drug-likeness (QED) is 0.790. The molecule has 1 aliphatic rings. The molecule has 0 amide bonds. The Morgan fingerprint density at radius 2 is 1.88 bits per heavy atom. The van der Waals surface area contributed by atoms with Crippen molar-refractivity contribution in [3.8, 4) is 0 Å². The number of anilines is 1. The van der Waals surface area contributed by atoms with Crippen LogP contribution in [0, 0.1) is 0 Å². The molecule has 2 nitrogen and oxygen atoms in total. The van der Waals surface area contributed by atoms with Crippen molar-refractivity contribution in [2.24, 2.45) is 0 Å². The molecule has 0 saturated carbocycles. The van der Waals surface area contributed by atoms with E-state index in [0.717, 1.165) is 12.2 Å². The second-order valence-corrected chi connectivity index (χ2v) is 4.89. The number of piperidine rings is 1. The second kappa shape index (κ2) is 5.35. The maximum atomic E-state index is 6.01. The van der Waals surface area contributed by atoms with Gasteiger partial charge in [0.25, 0.3) is 0 Å². The molecule has 1 saturated heterocycles. The van der Waals surface area contributed by atoms with E-state index in [9.17, 15) is 0 Å². The summed E-state index contributed by atoms with van der Waals surface area (Å²) in [6.07, 6.45) is 4.12. The van der Waals surface area contributed by atoms with Crippen molar-refractivity contribution in [1.82, 2.24) is 4.90 Å². The zero-order valence-electron chi connectivity index (χ0n) is 10.2. The Labute approximate surface area is 98.4 Å². The van der Waals surface area contributed by atoms with Gasteiger partial charge in [0.15, 0.2) is 0 Å². The predicted molar refractivity (Wildman–Crippen MR) is 69.6 cm³/mol. The van der Waals surface area contributed by atoms with Crippen molar-refractivity contribution in [3.63, 3.8) is 0 Å². The highest BCUT2D eigenvalue weighted by atomic mass is 15.1. The van der Waals surface area contributed by atoms with E-state index in [2.05, 4.69) is 24.0 Å². The number of rotatable bonds is 3. The van der Waals surface area contributed by atoms with Crippen LogP contribution in [0.1, 0.15) is 37.7 Å². The molecule has 2 rings (SSSR count). The van der Waals surface area contributed by atoms with E-state index in [1.807, 2.05) is 12.1 Å². The van der Waals surface area contributed by atoms with E-state index >= 15 is 0 Å². The first-order valence-corrected chi connectivity index (χ1v) is 6.34. The molecule has 2 heteroatoms. The zero-order valence-corrected chi connectivity index (χ0v) is 10.2.